The second-order valence-electron chi connectivity index (χ2n) is 8.20. The zero-order chi connectivity index (χ0) is 25.5. The minimum Gasteiger partial charge on any atom is -0.497 e. The Morgan fingerprint density at radius 3 is 2.00 bits per heavy atom. The van der Waals surface area contributed by atoms with E-state index >= 15 is 0 Å². The summed E-state index contributed by atoms with van der Waals surface area (Å²) in [5, 5.41) is 0.607. The molecular weight excluding hydrogens is 498 g/mol. The van der Waals surface area contributed by atoms with E-state index in [4.69, 9.17) is 25.8 Å². The fourth-order valence-electron chi connectivity index (χ4n) is 3.93. The molecule has 1 saturated heterocycles. The van der Waals surface area contributed by atoms with Crippen LogP contribution in [0.3, 0.4) is 0 Å². The summed E-state index contributed by atoms with van der Waals surface area (Å²) in [5.74, 6) is 1.69. The molecule has 1 aliphatic heterocycles. The first kappa shape index (κ1) is 25.9. The van der Waals surface area contributed by atoms with Crippen LogP contribution in [-0.4, -0.2) is 54.7 Å². The van der Waals surface area contributed by atoms with Gasteiger partial charge in [0.25, 0.3) is 5.91 Å². The Hall–Kier alpha value is -3.13. The van der Waals surface area contributed by atoms with Crippen LogP contribution in [0.5, 0.6) is 11.5 Å². The standard InChI is InChI=1S/C28H28ClNO5S/c1-33-24-11-5-21(6-12-24)27(22-7-13-25(34-2)14-8-22)35-17-15-30-16-18-36(32)26(28(30)31)19-20-3-9-23(29)10-4-20/h3-14,19,27H,15-18H2,1-2H3. The van der Waals surface area contributed by atoms with Gasteiger partial charge in [-0.2, -0.15) is 0 Å². The second-order valence-corrected chi connectivity index (χ2v) is 10.2. The first-order valence-corrected chi connectivity index (χ1v) is 13.2. The van der Waals surface area contributed by atoms with Gasteiger partial charge in [0.1, 0.15) is 22.5 Å². The van der Waals surface area contributed by atoms with E-state index in [9.17, 15) is 9.00 Å². The van der Waals surface area contributed by atoms with Crippen LogP contribution in [0.4, 0.5) is 0 Å². The molecule has 0 aliphatic carbocycles. The summed E-state index contributed by atoms with van der Waals surface area (Å²) in [7, 11) is 1.92. The van der Waals surface area contributed by atoms with Gasteiger partial charge < -0.3 is 19.1 Å². The van der Waals surface area contributed by atoms with Crippen molar-refractivity contribution in [2.75, 3.05) is 39.7 Å². The van der Waals surface area contributed by atoms with Crippen molar-refractivity contribution in [3.8, 4) is 11.5 Å². The lowest BCUT2D eigenvalue weighted by Gasteiger charge is -2.29. The smallest absolute Gasteiger partial charge is 0.262 e. The Morgan fingerprint density at radius 1 is 0.917 bits per heavy atom. The highest BCUT2D eigenvalue weighted by Gasteiger charge is 2.29. The van der Waals surface area contributed by atoms with E-state index in [0.29, 0.717) is 35.4 Å². The van der Waals surface area contributed by atoms with Crippen molar-refractivity contribution in [1.82, 2.24) is 4.90 Å². The molecule has 0 radical (unpaired) electrons. The number of hydrogen-bond acceptors (Lipinski definition) is 5. The molecule has 0 bridgehead atoms. The SMILES string of the molecule is COc1ccc(C(OCCN2CCS(=O)C(=Cc3ccc(Cl)cc3)C2=O)c2ccc(OC)cc2)cc1. The predicted octanol–water partition coefficient (Wildman–Crippen LogP) is 5.10. The normalized spacial score (nSPS) is 17.0. The zero-order valence-corrected chi connectivity index (χ0v) is 21.8. The highest BCUT2D eigenvalue weighted by Crippen LogP contribution is 2.29. The van der Waals surface area contributed by atoms with Crippen molar-refractivity contribution in [1.29, 1.82) is 0 Å². The van der Waals surface area contributed by atoms with E-state index in [0.717, 1.165) is 28.2 Å². The number of hydrogen-bond donors (Lipinski definition) is 0. The number of methoxy groups -OCH3 is 2. The lowest BCUT2D eigenvalue weighted by molar-refractivity contribution is -0.127. The van der Waals surface area contributed by atoms with Crippen LogP contribution in [0.2, 0.25) is 5.02 Å². The maximum Gasteiger partial charge on any atom is 0.262 e. The molecule has 1 atom stereocenters. The lowest BCUT2D eigenvalue weighted by atomic mass is 10.0. The number of carbonyl (C=O) groups is 1. The Kier molecular flexibility index (Phi) is 8.80. The molecule has 0 saturated carbocycles. The Morgan fingerprint density at radius 2 is 1.47 bits per heavy atom. The van der Waals surface area contributed by atoms with Crippen molar-refractivity contribution in [3.63, 3.8) is 0 Å². The highest BCUT2D eigenvalue weighted by molar-refractivity contribution is 7.90. The minimum atomic E-state index is -1.34. The molecule has 1 fully saturated rings. The Balaban J connectivity index is 1.47. The summed E-state index contributed by atoms with van der Waals surface area (Å²) in [6, 6.07) is 22.5. The van der Waals surface area contributed by atoms with Crippen molar-refractivity contribution < 1.29 is 23.2 Å². The Bertz CT molecular complexity index is 1180. The summed E-state index contributed by atoms with van der Waals surface area (Å²) in [6.07, 6.45) is 1.35. The van der Waals surface area contributed by atoms with Gasteiger partial charge in [0, 0.05) is 23.9 Å². The molecule has 188 valence electrons. The molecule has 3 aromatic carbocycles. The quantitative estimate of drug-likeness (QED) is 0.364. The average Bonchev–Trinajstić information content (AvgIpc) is 2.91. The third kappa shape index (κ3) is 6.35. The number of carbonyl (C=O) groups excluding carboxylic acids is 1. The largest absolute Gasteiger partial charge is 0.497 e. The topological polar surface area (TPSA) is 65.1 Å². The molecule has 1 heterocycles. The molecule has 0 spiro atoms. The zero-order valence-electron chi connectivity index (χ0n) is 20.2. The lowest BCUT2D eigenvalue weighted by Crippen LogP contribution is -2.43. The molecule has 1 aliphatic rings. The van der Waals surface area contributed by atoms with E-state index in [1.54, 1.807) is 49.5 Å². The molecule has 8 heteroatoms. The van der Waals surface area contributed by atoms with Gasteiger partial charge in [0.2, 0.25) is 0 Å². The average molecular weight is 526 g/mol. The van der Waals surface area contributed by atoms with Gasteiger partial charge in [-0.1, -0.05) is 48.0 Å². The number of rotatable bonds is 9. The van der Waals surface area contributed by atoms with Gasteiger partial charge in [-0.3, -0.25) is 9.00 Å². The van der Waals surface area contributed by atoms with E-state index < -0.39 is 10.8 Å². The van der Waals surface area contributed by atoms with Gasteiger partial charge in [-0.05, 0) is 59.2 Å². The van der Waals surface area contributed by atoms with Crippen molar-refractivity contribution >= 4 is 34.4 Å². The predicted molar refractivity (Wildman–Crippen MR) is 143 cm³/mol. The fraction of sp³-hybridized carbons (Fsp3) is 0.250. The maximum absolute atomic E-state index is 13.1. The van der Waals surface area contributed by atoms with E-state index in [-0.39, 0.29) is 12.0 Å². The fourth-order valence-corrected chi connectivity index (χ4v) is 5.26. The van der Waals surface area contributed by atoms with Crippen LogP contribution in [-0.2, 0) is 20.3 Å². The Labute approximate surface area is 218 Å². The van der Waals surface area contributed by atoms with Gasteiger partial charge in [-0.25, -0.2) is 0 Å². The van der Waals surface area contributed by atoms with Crippen LogP contribution in [0, 0.1) is 0 Å². The molecule has 1 amide bonds. The van der Waals surface area contributed by atoms with Crippen LogP contribution in [0.25, 0.3) is 6.08 Å². The summed E-state index contributed by atoms with van der Waals surface area (Å²) in [5.41, 5.74) is 2.72. The number of ether oxygens (including phenoxy) is 3. The first-order valence-electron chi connectivity index (χ1n) is 11.5. The van der Waals surface area contributed by atoms with Crippen molar-refractivity contribution in [3.05, 3.63) is 99.4 Å². The summed E-state index contributed by atoms with van der Waals surface area (Å²) in [4.78, 5) is 15.1. The van der Waals surface area contributed by atoms with Crippen LogP contribution in [0.15, 0.2) is 77.7 Å². The molecular formula is C28H28ClNO5S. The van der Waals surface area contributed by atoms with Gasteiger partial charge in [-0.15, -0.1) is 0 Å². The molecule has 36 heavy (non-hydrogen) atoms. The number of benzene rings is 3. The molecule has 0 N–H and O–H groups in total. The van der Waals surface area contributed by atoms with Gasteiger partial charge in [0.15, 0.2) is 0 Å². The highest BCUT2D eigenvalue weighted by atomic mass is 35.5. The number of nitrogens with zero attached hydrogens (tertiary/aromatic N) is 1. The van der Waals surface area contributed by atoms with Crippen molar-refractivity contribution in [2.45, 2.75) is 6.10 Å². The molecule has 6 nitrogen and oxygen atoms in total. The van der Waals surface area contributed by atoms with Gasteiger partial charge >= 0.3 is 0 Å². The van der Waals surface area contributed by atoms with Gasteiger partial charge in [0.05, 0.1) is 31.6 Å². The molecule has 1 unspecified atom stereocenters. The second kappa shape index (κ2) is 12.2. The van der Waals surface area contributed by atoms with Crippen molar-refractivity contribution in [2.24, 2.45) is 0 Å². The molecule has 4 rings (SSSR count). The van der Waals surface area contributed by atoms with Crippen LogP contribution in [0.1, 0.15) is 22.8 Å². The van der Waals surface area contributed by atoms with E-state index in [1.165, 1.54) is 0 Å². The maximum atomic E-state index is 13.1. The summed E-state index contributed by atoms with van der Waals surface area (Å²) in [6.45, 7) is 1.12. The number of amides is 1. The summed E-state index contributed by atoms with van der Waals surface area (Å²) >= 11 is 5.95. The molecule has 3 aromatic rings. The van der Waals surface area contributed by atoms with E-state index in [1.807, 2.05) is 48.5 Å². The van der Waals surface area contributed by atoms with Crippen LogP contribution >= 0.6 is 11.6 Å². The minimum absolute atomic E-state index is 0.233. The number of halogens is 1. The third-order valence-electron chi connectivity index (χ3n) is 5.94. The van der Waals surface area contributed by atoms with E-state index in [2.05, 4.69) is 0 Å². The van der Waals surface area contributed by atoms with Crippen LogP contribution < -0.4 is 9.47 Å². The first-order chi connectivity index (χ1) is 17.5. The molecule has 0 aromatic heterocycles. The third-order valence-corrected chi connectivity index (χ3v) is 7.53. The summed E-state index contributed by atoms with van der Waals surface area (Å²) < 4.78 is 29.5. The monoisotopic (exact) mass is 525 g/mol.